The highest BCUT2D eigenvalue weighted by atomic mass is 19.1. The van der Waals surface area contributed by atoms with Crippen molar-refractivity contribution in [2.24, 2.45) is 11.3 Å². The number of rotatable bonds is 3. The average molecular weight is 222 g/mol. The molecule has 0 fully saturated rings. The Labute approximate surface area is 96.7 Å². The summed E-state index contributed by atoms with van der Waals surface area (Å²) < 4.78 is 12.7. The quantitative estimate of drug-likeness (QED) is 0.704. The summed E-state index contributed by atoms with van der Waals surface area (Å²) in [7, 11) is 0. The molecule has 88 valence electrons. The van der Waals surface area contributed by atoms with Crippen LogP contribution >= 0.6 is 0 Å². The highest BCUT2D eigenvalue weighted by Gasteiger charge is 2.22. The summed E-state index contributed by atoms with van der Waals surface area (Å²) in [6.07, 6.45) is 0.509. The maximum absolute atomic E-state index is 12.7. The normalized spacial score (nSPS) is 13.6. The first-order chi connectivity index (χ1) is 7.30. The highest BCUT2D eigenvalue weighted by molar-refractivity contribution is 5.96. The van der Waals surface area contributed by atoms with E-state index in [2.05, 4.69) is 27.7 Å². The van der Waals surface area contributed by atoms with Gasteiger partial charge in [-0.15, -0.1) is 0 Å². The number of benzene rings is 1. The van der Waals surface area contributed by atoms with Crippen LogP contribution in [0.1, 0.15) is 44.5 Å². The third-order valence-electron chi connectivity index (χ3n) is 3.14. The van der Waals surface area contributed by atoms with E-state index in [0.717, 1.165) is 0 Å². The van der Waals surface area contributed by atoms with Crippen molar-refractivity contribution in [3.05, 3.63) is 35.6 Å². The van der Waals surface area contributed by atoms with Gasteiger partial charge in [-0.05, 0) is 35.6 Å². The van der Waals surface area contributed by atoms with Crippen LogP contribution in [0, 0.1) is 17.2 Å². The number of halogens is 1. The summed E-state index contributed by atoms with van der Waals surface area (Å²) in [6.45, 7) is 8.43. The second-order valence-electron chi connectivity index (χ2n) is 5.40. The molecule has 1 nitrogen and oxygen atoms in total. The Morgan fingerprint density at radius 1 is 1.25 bits per heavy atom. The van der Waals surface area contributed by atoms with Crippen LogP contribution in [0.15, 0.2) is 24.3 Å². The van der Waals surface area contributed by atoms with Crippen LogP contribution < -0.4 is 0 Å². The fraction of sp³-hybridized carbons (Fsp3) is 0.500. The van der Waals surface area contributed by atoms with Gasteiger partial charge in [-0.1, -0.05) is 27.7 Å². The molecule has 2 heteroatoms. The second kappa shape index (κ2) is 4.77. The summed E-state index contributed by atoms with van der Waals surface area (Å²) in [4.78, 5) is 11.9. The van der Waals surface area contributed by atoms with Gasteiger partial charge in [-0.2, -0.15) is 0 Å². The average Bonchev–Trinajstić information content (AvgIpc) is 2.17. The molecule has 0 N–H and O–H groups in total. The van der Waals surface area contributed by atoms with Gasteiger partial charge in [0.15, 0.2) is 5.78 Å². The zero-order valence-electron chi connectivity index (χ0n) is 10.4. The Morgan fingerprint density at radius 3 is 2.19 bits per heavy atom. The molecule has 1 rings (SSSR count). The van der Waals surface area contributed by atoms with Gasteiger partial charge in [0.1, 0.15) is 5.82 Å². The fourth-order valence-electron chi connectivity index (χ4n) is 1.34. The van der Waals surface area contributed by atoms with Crippen molar-refractivity contribution in [3.63, 3.8) is 0 Å². The Morgan fingerprint density at radius 2 is 1.75 bits per heavy atom. The van der Waals surface area contributed by atoms with E-state index in [9.17, 15) is 9.18 Å². The molecule has 0 aliphatic rings. The smallest absolute Gasteiger partial charge is 0.163 e. The number of carbonyl (C=O) groups excluding carboxylic acids is 1. The Hall–Kier alpha value is -1.18. The fourth-order valence-corrected chi connectivity index (χ4v) is 1.34. The van der Waals surface area contributed by atoms with Gasteiger partial charge in [0.05, 0.1) is 0 Å². The molecular formula is C14H19FO. The topological polar surface area (TPSA) is 17.1 Å². The van der Waals surface area contributed by atoms with Crippen LogP contribution in [-0.2, 0) is 0 Å². The largest absolute Gasteiger partial charge is 0.294 e. The van der Waals surface area contributed by atoms with Crippen molar-refractivity contribution in [2.45, 2.75) is 34.1 Å². The SMILES string of the molecule is CC(CC(=O)c1ccc(F)cc1)C(C)(C)C. The molecule has 0 saturated carbocycles. The number of ketones is 1. The van der Waals surface area contributed by atoms with Gasteiger partial charge < -0.3 is 0 Å². The van der Waals surface area contributed by atoms with Crippen molar-refractivity contribution in [3.8, 4) is 0 Å². The first-order valence-electron chi connectivity index (χ1n) is 5.59. The van der Waals surface area contributed by atoms with E-state index < -0.39 is 0 Å². The molecule has 0 bridgehead atoms. The molecule has 0 aliphatic heterocycles. The lowest BCUT2D eigenvalue weighted by atomic mass is 9.78. The Balaban J connectivity index is 2.70. The van der Waals surface area contributed by atoms with Crippen LogP contribution in [0.5, 0.6) is 0 Å². The van der Waals surface area contributed by atoms with Crippen molar-refractivity contribution in [1.82, 2.24) is 0 Å². The van der Waals surface area contributed by atoms with Gasteiger partial charge in [0, 0.05) is 12.0 Å². The summed E-state index contributed by atoms with van der Waals surface area (Å²) in [5.74, 6) is 0.0906. The van der Waals surface area contributed by atoms with E-state index in [-0.39, 0.29) is 17.0 Å². The maximum Gasteiger partial charge on any atom is 0.163 e. The number of Topliss-reactive ketones (excluding diaryl/α,β-unsaturated/α-hetero) is 1. The van der Waals surface area contributed by atoms with Crippen molar-refractivity contribution in [2.75, 3.05) is 0 Å². The second-order valence-corrected chi connectivity index (χ2v) is 5.40. The van der Waals surface area contributed by atoms with Gasteiger partial charge in [-0.3, -0.25) is 4.79 Å². The first-order valence-corrected chi connectivity index (χ1v) is 5.59. The third kappa shape index (κ3) is 3.44. The van der Waals surface area contributed by atoms with Crippen molar-refractivity contribution in [1.29, 1.82) is 0 Å². The molecule has 0 radical (unpaired) electrons. The summed E-state index contributed by atoms with van der Waals surface area (Å²) in [5, 5.41) is 0. The van der Waals surface area contributed by atoms with E-state index in [1.807, 2.05) is 0 Å². The van der Waals surface area contributed by atoms with Gasteiger partial charge >= 0.3 is 0 Å². The van der Waals surface area contributed by atoms with Gasteiger partial charge in [0.2, 0.25) is 0 Å². The summed E-state index contributed by atoms with van der Waals surface area (Å²) in [6, 6.07) is 5.75. The molecule has 0 aromatic heterocycles. The van der Waals surface area contributed by atoms with Crippen LogP contribution in [0.2, 0.25) is 0 Å². The molecule has 1 aromatic carbocycles. The Kier molecular flexibility index (Phi) is 3.84. The minimum Gasteiger partial charge on any atom is -0.294 e. The molecule has 1 unspecified atom stereocenters. The monoisotopic (exact) mass is 222 g/mol. The lowest BCUT2D eigenvalue weighted by molar-refractivity contribution is 0.0927. The highest BCUT2D eigenvalue weighted by Crippen LogP contribution is 2.29. The maximum atomic E-state index is 12.7. The van der Waals surface area contributed by atoms with Crippen LogP contribution in [0.25, 0.3) is 0 Å². The standard InChI is InChI=1S/C14H19FO/c1-10(14(2,3)4)9-13(16)11-5-7-12(15)8-6-11/h5-8,10H,9H2,1-4H3. The lowest BCUT2D eigenvalue weighted by Crippen LogP contribution is -2.20. The third-order valence-corrected chi connectivity index (χ3v) is 3.14. The van der Waals surface area contributed by atoms with E-state index >= 15 is 0 Å². The van der Waals surface area contributed by atoms with Crippen molar-refractivity contribution >= 4 is 5.78 Å². The summed E-state index contributed by atoms with van der Waals surface area (Å²) in [5.41, 5.74) is 0.716. The van der Waals surface area contributed by atoms with Crippen molar-refractivity contribution < 1.29 is 9.18 Å². The molecule has 0 saturated heterocycles. The predicted octanol–water partition coefficient (Wildman–Crippen LogP) is 4.08. The first kappa shape index (κ1) is 12.9. The van der Waals surface area contributed by atoms with E-state index in [1.54, 1.807) is 12.1 Å². The minimum absolute atomic E-state index is 0.0856. The summed E-state index contributed by atoms with van der Waals surface area (Å²) >= 11 is 0. The molecule has 0 heterocycles. The number of hydrogen-bond acceptors (Lipinski definition) is 1. The van der Waals surface area contributed by atoms with Crippen LogP contribution in [-0.4, -0.2) is 5.78 Å². The molecular weight excluding hydrogens is 203 g/mol. The molecule has 0 spiro atoms. The van der Waals surface area contributed by atoms with Gasteiger partial charge in [0.25, 0.3) is 0 Å². The molecule has 16 heavy (non-hydrogen) atoms. The number of hydrogen-bond donors (Lipinski definition) is 0. The molecule has 1 aromatic rings. The minimum atomic E-state index is -0.305. The zero-order valence-corrected chi connectivity index (χ0v) is 10.4. The lowest BCUT2D eigenvalue weighted by Gasteiger charge is -2.26. The molecule has 0 aliphatic carbocycles. The number of carbonyl (C=O) groups is 1. The Bertz CT molecular complexity index is 359. The van der Waals surface area contributed by atoms with Crippen LogP contribution in [0.4, 0.5) is 4.39 Å². The van der Waals surface area contributed by atoms with Gasteiger partial charge in [-0.25, -0.2) is 4.39 Å². The van der Waals surface area contributed by atoms with Crippen LogP contribution in [0.3, 0.4) is 0 Å². The predicted molar refractivity (Wildman–Crippen MR) is 64.0 cm³/mol. The zero-order chi connectivity index (χ0) is 12.3. The van der Waals surface area contributed by atoms with E-state index in [0.29, 0.717) is 17.9 Å². The van der Waals surface area contributed by atoms with E-state index in [4.69, 9.17) is 0 Å². The molecule has 0 amide bonds. The molecule has 1 atom stereocenters. The van der Waals surface area contributed by atoms with E-state index in [1.165, 1.54) is 12.1 Å².